The number of rotatable bonds is 4. The maximum Gasteiger partial charge on any atom is 0.296 e. The van der Waals surface area contributed by atoms with Crippen molar-refractivity contribution in [2.24, 2.45) is 0 Å². The van der Waals surface area contributed by atoms with Crippen LogP contribution in [0.2, 0.25) is 0 Å². The molecule has 0 saturated carbocycles. The summed E-state index contributed by atoms with van der Waals surface area (Å²) >= 11 is 0. The molecule has 0 spiro atoms. The van der Waals surface area contributed by atoms with Crippen molar-refractivity contribution in [3.05, 3.63) is 35.4 Å². The highest BCUT2D eigenvalue weighted by molar-refractivity contribution is 7.87. The third kappa shape index (κ3) is 6.84. The SMILES string of the molecule is Cc1cc(S(=O)(=O)O)c(N)cc1S(=O)(=O)O.Cc1cc(S(=O)(=O)O)cc(S(=O)(=O)O)c1N. The molecule has 0 heterocycles. The van der Waals surface area contributed by atoms with Gasteiger partial charge in [0.05, 0.1) is 21.2 Å². The summed E-state index contributed by atoms with van der Waals surface area (Å²) in [5.41, 5.74) is 9.97. The Labute approximate surface area is 183 Å². The lowest BCUT2D eigenvalue weighted by atomic mass is 10.2. The van der Waals surface area contributed by atoms with Gasteiger partial charge in [-0.1, -0.05) is 0 Å². The third-order valence-electron chi connectivity index (χ3n) is 3.76. The number of nitrogens with two attached hydrogens (primary N) is 2. The minimum absolute atomic E-state index is 0.0377. The third-order valence-corrected chi connectivity index (χ3v) is 7.39. The van der Waals surface area contributed by atoms with Gasteiger partial charge in [0.25, 0.3) is 40.5 Å². The van der Waals surface area contributed by atoms with Gasteiger partial charge in [-0.15, -0.1) is 0 Å². The second-order valence-corrected chi connectivity index (χ2v) is 11.8. The zero-order valence-electron chi connectivity index (χ0n) is 16.2. The number of anilines is 2. The molecule has 2 aromatic rings. The van der Waals surface area contributed by atoms with Gasteiger partial charge in [0.15, 0.2) is 0 Å². The van der Waals surface area contributed by atoms with Crippen molar-refractivity contribution in [1.82, 2.24) is 0 Å². The first-order valence-electron chi connectivity index (χ1n) is 7.77. The van der Waals surface area contributed by atoms with Crippen LogP contribution in [0.1, 0.15) is 11.1 Å². The van der Waals surface area contributed by atoms with E-state index >= 15 is 0 Å². The summed E-state index contributed by atoms with van der Waals surface area (Å²) in [4.78, 5) is -2.50. The van der Waals surface area contributed by atoms with Crippen molar-refractivity contribution in [3.63, 3.8) is 0 Å². The summed E-state index contributed by atoms with van der Waals surface area (Å²) in [6, 6.07) is 3.23. The Hall–Kier alpha value is -2.32. The molecule has 0 amide bonds. The van der Waals surface area contributed by atoms with Gasteiger partial charge in [0.2, 0.25) is 0 Å². The highest BCUT2D eigenvalue weighted by atomic mass is 32.2. The van der Waals surface area contributed by atoms with Gasteiger partial charge in [-0.05, 0) is 49.2 Å². The van der Waals surface area contributed by atoms with E-state index in [2.05, 4.69) is 0 Å². The first kappa shape index (κ1) is 27.7. The Balaban J connectivity index is 0.000000320. The van der Waals surface area contributed by atoms with Crippen LogP contribution in [-0.4, -0.2) is 51.9 Å². The molecule has 180 valence electrons. The van der Waals surface area contributed by atoms with E-state index in [0.717, 1.165) is 18.2 Å². The van der Waals surface area contributed by atoms with Crippen LogP contribution in [0, 0.1) is 13.8 Å². The van der Waals surface area contributed by atoms with Gasteiger partial charge in [-0.2, -0.15) is 33.7 Å². The van der Waals surface area contributed by atoms with Crippen molar-refractivity contribution in [2.45, 2.75) is 33.4 Å². The van der Waals surface area contributed by atoms with Crippen LogP contribution in [0.3, 0.4) is 0 Å². The zero-order valence-corrected chi connectivity index (χ0v) is 19.4. The van der Waals surface area contributed by atoms with E-state index in [9.17, 15) is 33.7 Å². The predicted octanol–water partition coefficient (Wildman–Crippen LogP) is 0.141. The minimum Gasteiger partial charge on any atom is -0.398 e. The molecule has 0 aliphatic rings. The van der Waals surface area contributed by atoms with Gasteiger partial charge in [0, 0.05) is 0 Å². The van der Waals surface area contributed by atoms with Crippen LogP contribution in [0.5, 0.6) is 0 Å². The number of hydrogen-bond acceptors (Lipinski definition) is 10. The predicted molar refractivity (Wildman–Crippen MR) is 110 cm³/mol. The lowest BCUT2D eigenvalue weighted by Crippen LogP contribution is -2.08. The molecule has 0 saturated heterocycles. The van der Waals surface area contributed by atoms with Crippen LogP contribution in [-0.2, 0) is 40.5 Å². The van der Waals surface area contributed by atoms with Gasteiger partial charge < -0.3 is 11.5 Å². The Morgan fingerprint density at radius 1 is 0.562 bits per heavy atom. The van der Waals surface area contributed by atoms with E-state index < -0.39 is 65.7 Å². The van der Waals surface area contributed by atoms with Gasteiger partial charge in [0.1, 0.15) is 9.79 Å². The molecule has 0 atom stereocenters. The smallest absolute Gasteiger partial charge is 0.296 e. The van der Waals surface area contributed by atoms with E-state index in [-0.39, 0.29) is 16.8 Å². The van der Waals surface area contributed by atoms with Crippen molar-refractivity contribution in [3.8, 4) is 0 Å². The van der Waals surface area contributed by atoms with Crippen molar-refractivity contribution >= 4 is 51.8 Å². The second kappa shape index (κ2) is 8.90. The number of benzene rings is 2. The monoisotopic (exact) mass is 534 g/mol. The molecule has 0 unspecified atom stereocenters. The van der Waals surface area contributed by atoms with Crippen LogP contribution in [0.25, 0.3) is 0 Å². The van der Waals surface area contributed by atoms with E-state index in [1.54, 1.807) is 0 Å². The van der Waals surface area contributed by atoms with Crippen molar-refractivity contribution < 1.29 is 51.9 Å². The second-order valence-electron chi connectivity index (χ2n) is 6.21. The Morgan fingerprint density at radius 3 is 1.38 bits per heavy atom. The summed E-state index contributed by atoms with van der Waals surface area (Å²) in [5, 5.41) is 0. The van der Waals surface area contributed by atoms with Crippen molar-refractivity contribution in [2.75, 3.05) is 11.5 Å². The first-order chi connectivity index (χ1) is 14.1. The van der Waals surface area contributed by atoms with Crippen molar-refractivity contribution in [1.29, 1.82) is 0 Å². The van der Waals surface area contributed by atoms with Crippen LogP contribution < -0.4 is 11.5 Å². The molecule has 0 aliphatic carbocycles. The number of aryl methyl sites for hydroxylation is 2. The van der Waals surface area contributed by atoms with Crippen LogP contribution >= 0.6 is 0 Å². The Kier molecular flexibility index (Phi) is 7.71. The molecule has 32 heavy (non-hydrogen) atoms. The molecule has 18 heteroatoms. The van der Waals surface area contributed by atoms with E-state index in [4.69, 9.17) is 29.7 Å². The fraction of sp³-hybridized carbons (Fsp3) is 0.143. The normalized spacial score (nSPS) is 12.7. The van der Waals surface area contributed by atoms with E-state index in [0.29, 0.717) is 6.07 Å². The maximum atomic E-state index is 10.9. The summed E-state index contributed by atoms with van der Waals surface area (Å²) in [6.45, 7) is 2.61. The molecule has 0 fully saturated rings. The first-order valence-corrected chi connectivity index (χ1v) is 13.5. The lowest BCUT2D eigenvalue weighted by Gasteiger charge is -2.07. The Bertz CT molecular complexity index is 1440. The highest BCUT2D eigenvalue weighted by Crippen LogP contribution is 2.27. The average molecular weight is 535 g/mol. The molecule has 2 aromatic carbocycles. The zero-order chi connectivity index (χ0) is 25.4. The summed E-state index contributed by atoms with van der Waals surface area (Å²) in [5.74, 6) is 0. The molecule has 8 N–H and O–H groups in total. The minimum atomic E-state index is -4.64. The fourth-order valence-corrected chi connectivity index (χ4v) is 5.08. The molecule has 14 nitrogen and oxygen atoms in total. The molecule has 0 aromatic heterocycles. The summed E-state index contributed by atoms with van der Waals surface area (Å²) < 4.78 is 122. The van der Waals surface area contributed by atoms with Crippen LogP contribution in [0.4, 0.5) is 11.4 Å². The largest absolute Gasteiger partial charge is 0.398 e. The standard InChI is InChI=1S/2C7H9NO6S2/c1-4-2-7(16(12,13)14)5(8)3-6(4)15(9,10)11;1-4-2-5(15(9,10)11)3-6(7(4)8)16(12,13)14/h2*2-3H,8H2,1H3,(H,9,10,11)(H,12,13,14). The van der Waals surface area contributed by atoms with Gasteiger partial charge in [-0.25, -0.2) is 0 Å². The topological polar surface area (TPSA) is 270 Å². The van der Waals surface area contributed by atoms with E-state index in [1.165, 1.54) is 13.8 Å². The van der Waals surface area contributed by atoms with E-state index in [1.807, 2.05) is 0 Å². The van der Waals surface area contributed by atoms with Gasteiger partial charge in [-0.3, -0.25) is 18.2 Å². The fourth-order valence-electron chi connectivity index (χ4n) is 2.28. The number of hydrogen-bond donors (Lipinski definition) is 6. The molecule has 0 radical (unpaired) electrons. The quantitative estimate of drug-likeness (QED) is 0.225. The molecular weight excluding hydrogens is 516 g/mol. The number of nitrogen functional groups attached to an aromatic ring is 2. The summed E-state index contributed by atoms with van der Waals surface area (Å²) in [6.07, 6.45) is 0. The Morgan fingerprint density at radius 2 is 1.00 bits per heavy atom. The average Bonchev–Trinajstić information content (AvgIpc) is 2.55. The molecule has 0 aliphatic heterocycles. The maximum absolute atomic E-state index is 10.9. The molecule has 2 rings (SSSR count). The van der Waals surface area contributed by atoms with Gasteiger partial charge >= 0.3 is 0 Å². The lowest BCUT2D eigenvalue weighted by molar-refractivity contribution is 0.478. The molecular formula is C14H18N2O12S4. The van der Waals surface area contributed by atoms with Crippen LogP contribution in [0.15, 0.2) is 43.8 Å². The molecule has 0 bridgehead atoms. The highest BCUT2D eigenvalue weighted by Gasteiger charge is 2.22. The summed E-state index contributed by atoms with van der Waals surface area (Å²) in [7, 11) is -18.2.